The molecule has 2 heterocycles. The molecular formula is C30H53NO6. The van der Waals surface area contributed by atoms with Gasteiger partial charge in [-0.2, -0.15) is 0 Å². The van der Waals surface area contributed by atoms with Gasteiger partial charge in [0.05, 0.1) is 24.2 Å². The van der Waals surface area contributed by atoms with E-state index in [0.29, 0.717) is 24.5 Å². The van der Waals surface area contributed by atoms with Crippen molar-refractivity contribution in [2.45, 2.75) is 124 Å². The molecule has 0 aromatic heterocycles. The second-order valence-electron chi connectivity index (χ2n) is 12.2. The minimum atomic E-state index is -0.950. The van der Waals surface area contributed by atoms with Gasteiger partial charge in [-0.05, 0) is 65.6 Å². The topological polar surface area (TPSA) is 85.3 Å². The maximum Gasteiger partial charge on any atom is 0.311 e. The summed E-state index contributed by atoms with van der Waals surface area (Å²) in [5, 5.41) is 11.4. The van der Waals surface area contributed by atoms with Gasteiger partial charge in [-0.3, -0.25) is 9.59 Å². The predicted molar refractivity (Wildman–Crippen MR) is 146 cm³/mol. The smallest absolute Gasteiger partial charge is 0.311 e. The Bertz CT molecular complexity index is 782. The van der Waals surface area contributed by atoms with Gasteiger partial charge in [-0.25, -0.2) is 0 Å². The van der Waals surface area contributed by atoms with Crippen molar-refractivity contribution in [1.82, 2.24) is 4.90 Å². The fourth-order valence-corrected chi connectivity index (χ4v) is 6.06. The van der Waals surface area contributed by atoms with E-state index in [2.05, 4.69) is 39.8 Å². The van der Waals surface area contributed by atoms with E-state index in [1.165, 1.54) is 0 Å². The van der Waals surface area contributed by atoms with E-state index >= 15 is 0 Å². The zero-order valence-electron chi connectivity index (χ0n) is 24.9. The number of ketones is 1. The van der Waals surface area contributed by atoms with Crippen LogP contribution in [0.15, 0.2) is 11.6 Å². The lowest BCUT2D eigenvalue weighted by Crippen LogP contribution is -2.48. The summed E-state index contributed by atoms with van der Waals surface area (Å²) in [4.78, 5) is 28.7. The molecule has 214 valence electrons. The summed E-state index contributed by atoms with van der Waals surface area (Å²) in [7, 11) is 4.14. The summed E-state index contributed by atoms with van der Waals surface area (Å²) < 4.78 is 18.7. The fourth-order valence-electron chi connectivity index (χ4n) is 6.06. The van der Waals surface area contributed by atoms with Crippen molar-refractivity contribution in [3.05, 3.63) is 11.6 Å². The third-order valence-electron chi connectivity index (χ3n) is 8.50. The molecule has 0 spiro atoms. The van der Waals surface area contributed by atoms with Crippen LogP contribution >= 0.6 is 0 Å². The van der Waals surface area contributed by atoms with Crippen LogP contribution in [0.3, 0.4) is 0 Å². The first-order valence-electron chi connectivity index (χ1n) is 14.3. The van der Waals surface area contributed by atoms with E-state index in [4.69, 9.17) is 14.2 Å². The van der Waals surface area contributed by atoms with Gasteiger partial charge in [0.1, 0.15) is 6.10 Å². The average Bonchev–Trinajstić information content (AvgIpc) is 2.83. The molecule has 0 aliphatic carbocycles. The molecule has 2 rings (SSSR count). The molecule has 0 aromatic rings. The van der Waals surface area contributed by atoms with Crippen LogP contribution in [0.1, 0.15) is 87.5 Å². The van der Waals surface area contributed by atoms with Gasteiger partial charge in [0.25, 0.3) is 0 Å². The van der Waals surface area contributed by atoms with E-state index in [9.17, 15) is 14.7 Å². The van der Waals surface area contributed by atoms with E-state index in [0.717, 1.165) is 19.3 Å². The zero-order chi connectivity index (χ0) is 28.0. The number of esters is 1. The summed E-state index contributed by atoms with van der Waals surface area (Å²) in [5.74, 6) is -1.68. The van der Waals surface area contributed by atoms with Crippen LogP contribution in [0.2, 0.25) is 0 Å². The van der Waals surface area contributed by atoms with E-state index in [-0.39, 0.29) is 41.7 Å². The standard InChI is InChI=1S/C30H53NO6/c1-11-12-25-17(2)13-18(3)27(32)19(4)14-20(5)29(22(7)28(33)23(8)30(34)36-25)37-26-16-24(31(9)10)15-21(6)35-26/h13,17,19-26,28-29,33H,11-12,14-16H2,1-10H3/b18-13+/t17-,19-,20+,21-,22+,23-,24?,25-,26+,28+,29+/m1/s1. The number of hydrogen-bond acceptors (Lipinski definition) is 7. The molecule has 1 unspecified atom stereocenters. The Morgan fingerprint density at radius 2 is 1.70 bits per heavy atom. The van der Waals surface area contributed by atoms with Crippen molar-refractivity contribution in [3.63, 3.8) is 0 Å². The van der Waals surface area contributed by atoms with Gasteiger partial charge < -0.3 is 24.2 Å². The Labute approximate surface area is 225 Å². The number of carbonyl (C=O) groups excluding carboxylic acids is 2. The monoisotopic (exact) mass is 523 g/mol. The molecule has 1 saturated heterocycles. The maximum absolute atomic E-state index is 13.3. The summed E-state index contributed by atoms with van der Waals surface area (Å²) in [6.45, 7) is 15.7. The molecule has 0 bridgehead atoms. The fraction of sp³-hybridized carbons (Fsp3) is 0.867. The third-order valence-corrected chi connectivity index (χ3v) is 8.50. The van der Waals surface area contributed by atoms with Crippen molar-refractivity contribution in [3.8, 4) is 0 Å². The van der Waals surface area contributed by atoms with Gasteiger partial charge in [0.2, 0.25) is 0 Å². The highest BCUT2D eigenvalue weighted by Crippen LogP contribution is 2.34. The second-order valence-corrected chi connectivity index (χ2v) is 12.2. The number of carbonyl (C=O) groups is 2. The molecular weight excluding hydrogens is 470 g/mol. The molecule has 0 amide bonds. The van der Waals surface area contributed by atoms with Gasteiger partial charge in [0.15, 0.2) is 12.1 Å². The Hall–Kier alpha value is -1.28. The molecule has 7 heteroatoms. The third kappa shape index (κ3) is 8.61. The van der Waals surface area contributed by atoms with Crippen LogP contribution in [-0.4, -0.2) is 72.6 Å². The van der Waals surface area contributed by atoms with E-state index < -0.39 is 30.4 Å². The first-order valence-corrected chi connectivity index (χ1v) is 14.3. The zero-order valence-corrected chi connectivity index (χ0v) is 24.9. The Morgan fingerprint density at radius 1 is 1.05 bits per heavy atom. The first kappa shape index (κ1) is 31.9. The molecule has 0 aromatic carbocycles. The molecule has 2 aliphatic heterocycles. The van der Waals surface area contributed by atoms with Gasteiger partial charge in [0, 0.05) is 30.2 Å². The van der Waals surface area contributed by atoms with Gasteiger partial charge >= 0.3 is 5.97 Å². The summed E-state index contributed by atoms with van der Waals surface area (Å²) in [6.07, 6.45) is 3.74. The number of rotatable bonds is 5. The van der Waals surface area contributed by atoms with Crippen LogP contribution in [0.5, 0.6) is 0 Å². The summed E-state index contributed by atoms with van der Waals surface area (Å²) in [5.41, 5.74) is 0.707. The van der Waals surface area contributed by atoms with Crippen molar-refractivity contribution >= 4 is 11.8 Å². The molecule has 37 heavy (non-hydrogen) atoms. The summed E-state index contributed by atoms with van der Waals surface area (Å²) >= 11 is 0. The number of ether oxygens (including phenoxy) is 3. The Morgan fingerprint density at radius 3 is 2.30 bits per heavy atom. The lowest BCUT2D eigenvalue weighted by molar-refractivity contribution is -0.243. The van der Waals surface area contributed by atoms with E-state index in [1.807, 2.05) is 33.8 Å². The Kier molecular flexibility index (Phi) is 12.3. The minimum absolute atomic E-state index is 0.0357. The van der Waals surface area contributed by atoms with E-state index in [1.54, 1.807) is 6.92 Å². The quantitative estimate of drug-likeness (QED) is 0.508. The normalized spacial score (nSPS) is 42.6. The van der Waals surface area contributed by atoms with Crippen LogP contribution in [0.4, 0.5) is 0 Å². The number of aliphatic hydroxyl groups excluding tert-OH is 1. The SMILES string of the molecule is CCC[C@H]1OC(=O)[C@H](C)[C@@H](O)[C@H](C)[C@@H](O[C@H]2CC(N(C)C)C[C@@H](C)O2)[C@@H](C)C[C@@H](C)C(=O)/C(C)=C/[C@H]1C. The van der Waals surface area contributed by atoms with Crippen LogP contribution in [0, 0.1) is 29.6 Å². The van der Waals surface area contributed by atoms with Crippen molar-refractivity contribution in [2.75, 3.05) is 14.1 Å². The number of allylic oxidation sites excluding steroid dienone is 1. The molecule has 0 radical (unpaired) electrons. The predicted octanol–water partition coefficient (Wildman–Crippen LogP) is 5.00. The number of aliphatic hydroxyl groups is 1. The highest BCUT2D eigenvalue weighted by molar-refractivity contribution is 5.96. The number of nitrogens with zero attached hydrogens (tertiary/aromatic N) is 1. The maximum atomic E-state index is 13.3. The highest BCUT2D eigenvalue weighted by Gasteiger charge is 2.40. The van der Waals surface area contributed by atoms with Crippen molar-refractivity contribution in [1.29, 1.82) is 0 Å². The minimum Gasteiger partial charge on any atom is -0.461 e. The first-order chi connectivity index (χ1) is 17.3. The van der Waals surface area contributed by atoms with Gasteiger partial charge in [-0.1, -0.05) is 47.1 Å². The lowest BCUT2D eigenvalue weighted by Gasteiger charge is -2.42. The molecule has 1 fully saturated rings. The molecule has 2 aliphatic rings. The van der Waals surface area contributed by atoms with Crippen LogP contribution < -0.4 is 0 Å². The summed E-state index contributed by atoms with van der Waals surface area (Å²) in [6, 6.07) is 0.336. The number of hydrogen-bond donors (Lipinski definition) is 1. The Balaban J connectivity index is 2.40. The molecule has 1 N–H and O–H groups in total. The second kappa shape index (κ2) is 14.2. The van der Waals surface area contributed by atoms with Crippen LogP contribution in [-0.2, 0) is 23.8 Å². The van der Waals surface area contributed by atoms with Crippen molar-refractivity contribution < 1.29 is 28.9 Å². The van der Waals surface area contributed by atoms with Gasteiger partial charge in [-0.15, -0.1) is 0 Å². The lowest BCUT2D eigenvalue weighted by atomic mass is 9.79. The average molecular weight is 524 g/mol. The van der Waals surface area contributed by atoms with Crippen molar-refractivity contribution in [2.24, 2.45) is 29.6 Å². The highest BCUT2D eigenvalue weighted by atomic mass is 16.7. The number of Topliss-reactive ketones (excluding diaryl/α,β-unsaturated/α-hetero) is 1. The molecule has 11 atom stereocenters. The molecule has 7 nitrogen and oxygen atoms in total. The molecule has 0 saturated carbocycles. The van der Waals surface area contributed by atoms with Crippen LogP contribution in [0.25, 0.3) is 0 Å². The number of cyclic esters (lactones) is 1. The largest absolute Gasteiger partial charge is 0.461 e.